The zero-order valence-corrected chi connectivity index (χ0v) is 30.0. The highest BCUT2D eigenvalue weighted by atomic mass is 16.5. The molecule has 6 aromatic rings. The van der Waals surface area contributed by atoms with Gasteiger partial charge >= 0.3 is 11.4 Å². The lowest BCUT2D eigenvalue weighted by Gasteiger charge is -2.43. The van der Waals surface area contributed by atoms with Crippen LogP contribution in [0.15, 0.2) is 91.1 Å². The third-order valence-electron chi connectivity index (χ3n) is 12.4. The van der Waals surface area contributed by atoms with Crippen molar-refractivity contribution in [2.45, 2.75) is 96.4 Å². The van der Waals surface area contributed by atoms with Crippen LogP contribution in [0.5, 0.6) is 11.5 Å². The van der Waals surface area contributed by atoms with Crippen LogP contribution >= 0.6 is 0 Å². The lowest BCUT2D eigenvalue weighted by Crippen LogP contribution is -2.57. The molecule has 4 nitrogen and oxygen atoms in total. The molecule has 2 aromatic heterocycles. The molecular formula is C45H45N3O+2. The molecule has 4 heteroatoms. The second-order valence-corrected chi connectivity index (χ2v) is 16.8. The van der Waals surface area contributed by atoms with Crippen LogP contribution in [0.1, 0.15) is 119 Å². The number of ether oxygens (including phenoxy) is 1. The maximum Gasteiger partial charge on any atom is 0.352 e. The number of hydrogen-bond acceptors (Lipinski definition) is 1. The summed E-state index contributed by atoms with van der Waals surface area (Å²) < 4.78 is 15.2. The van der Waals surface area contributed by atoms with Gasteiger partial charge in [-0.15, -0.1) is 0 Å². The van der Waals surface area contributed by atoms with Gasteiger partial charge in [-0.3, -0.25) is 0 Å². The Labute approximate surface area is 289 Å². The molecule has 5 heterocycles. The SMILES string of the molecule is CC(C)c1cccc(C(C)C)c1-n1c2[n+]3c4c(cccc41)Oc1c-3c(cc3c1C(C)(C)CCC3(C)C)C21c2ccccc2-c2cccc[n+]21. The van der Waals surface area contributed by atoms with E-state index in [9.17, 15) is 0 Å². The fourth-order valence-electron chi connectivity index (χ4n) is 10.0. The van der Waals surface area contributed by atoms with Gasteiger partial charge in [-0.2, -0.15) is 13.7 Å². The molecule has 0 saturated heterocycles. The van der Waals surface area contributed by atoms with Gasteiger partial charge in [0.2, 0.25) is 11.2 Å². The third-order valence-corrected chi connectivity index (χ3v) is 12.4. The molecule has 49 heavy (non-hydrogen) atoms. The zero-order valence-electron chi connectivity index (χ0n) is 30.0. The summed E-state index contributed by atoms with van der Waals surface area (Å²) in [4.78, 5) is 0. The number of aromatic nitrogens is 3. The molecule has 1 atom stereocenters. The summed E-state index contributed by atoms with van der Waals surface area (Å²) in [7, 11) is 0. The molecule has 1 unspecified atom stereocenters. The summed E-state index contributed by atoms with van der Waals surface area (Å²) in [5, 5.41) is 0. The second kappa shape index (κ2) is 9.29. The Kier molecular flexibility index (Phi) is 5.55. The van der Waals surface area contributed by atoms with E-state index in [1.807, 2.05) is 0 Å². The maximum atomic E-state index is 7.33. The van der Waals surface area contributed by atoms with E-state index in [1.54, 1.807) is 0 Å². The molecule has 0 radical (unpaired) electrons. The highest BCUT2D eigenvalue weighted by Crippen LogP contribution is 2.60. The Balaban J connectivity index is 1.51. The van der Waals surface area contributed by atoms with E-state index >= 15 is 0 Å². The molecule has 0 saturated carbocycles. The average molecular weight is 644 g/mol. The molecule has 3 aliphatic heterocycles. The predicted molar refractivity (Wildman–Crippen MR) is 196 cm³/mol. The summed E-state index contributed by atoms with van der Waals surface area (Å²) in [5.74, 6) is 3.95. The van der Waals surface area contributed by atoms with Gasteiger partial charge in [0.15, 0.2) is 28.9 Å². The van der Waals surface area contributed by atoms with Crippen molar-refractivity contribution in [2.24, 2.45) is 0 Å². The number of hydrogen-bond donors (Lipinski definition) is 0. The van der Waals surface area contributed by atoms with Crippen molar-refractivity contribution in [2.75, 3.05) is 0 Å². The van der Waals surface area contributed by atoms with Gasteiger partial charge in [-0.1, -0.05) is 97.9 Å². The van der Waals surface area contributed by atoms with E-state index in [0.717, 1.165) is 29.9 Å². The predicted octanol–water partition coefficient (Wildman–Crippen LogP) is 10.0. The van der Waals surface area contributed by atoms with Gasteiger partial charge in [0.1, 0.15) is 5.69 Å². The normalized spacial score (nSPS) is 19.8. The zero-order chi connectivity index (χ0) is 33.8. The average Bonchev–Trinajstić information content (AvgIpc) is 3.69. The fraction of sp³-hybridized carbons (Fsp3) is 0.333. The van der Waals surface area contributed by atoms with Crippen molar-refractivity contribution < 1.29 is 13.9 Å². The Hall–Kier alpha value is -4.70. The molecule has 4 aromatic carbocycles. The number of nitrogens with zero attached hydrogens (tertiary/aromatic N) is 3. The summed E-state index contributed by atoms with van der Waals surface area (Å²) in [6.45, 7) is 19.1. The highest BCUT2D eigenvalue weighted by molar-refractivity contribution is 5.88. The standard InChI is InChI=1S/C45H45N3O/c1-26(2)28-16-13-17-29(27(3)4)38(28)47-35-20-14-21-36-40(35)48-39-33(25-32-37(41(39)49-36)44(7,8)23-22-43(32,5)6)45(42(47)48)31-18-10-9-15-30(31)34-19-11-12-24-46(34)45/h9-21,24-27H,22-23H2,1-8H3/q+2. The van der Waals surface area contributed by atoms with Crippen LogP contribution in [-0.2, 0) is 16.4 Å². The number of imidazole rings is 1. The number of fused-ring (bicyclic) bond motifs is 9. The molecule has 0 N–H and O–H groups in total. The van der Waals surface area contributed by atoms with Crippen LogP contribution in [0.3, 0.4) is 0 Å². The van der Waals surface area contributed by atoms with Crippen LogP contribution in [0.2, 0.25) is 0 Å². The van der Waals surface area contributed by atoms with Crippen LogP contribution in [0, 0.1) is 0 Å². The van der Waals surface area contributed by atoms with Gasteiger partial charge in [-0.05, 0) is 71.4 Å². The molecule has 0 fully saturated rings. The van der Waals surface area contributed by atoms with Crippen LogP contribution in [0.4, 0.5) is 0 Å². The minimum atomic E-state index is -0.619. The number of rotatable bonds is 3. The summed E-state index contributed by atoms with van der Waals surface area (Å²) in [6.07, 6.45) is 4.59. The second-order valence-electron chi connectivity index (χ2n) is 16.8. The first-order valence-corrected chi connectivity index (χ1v) is 18.2. The van der Waals surface area contributed by atoms with Gasteiger partial charge in [0.05, 0.1) is 16.7 Å². The molecular weight excluding hydrogens is 599 g/mol. The first kappa shape index (κ1) is 29.2. The summed E-state index contributed by atoms with van der Waals surface area (Å²) in [5.41, 5.74) is 15.0. The third kappa shape index (κ3) is 3.36. The van der Waals surface area contributed by atoms with E-state index in [4.69, 9.17) is 4.74 Å². The minimum absolute atomic E-state index is 0.0117. The summed E-state index contributed by atoms with van der Waals surface area (Å²) >= 11 is 0. The monoisotopic (exact) mass is 643 g/mol. The smallest absolute Gasteiger partial charge is 0.352 e. The van der Waals surface area contributed by atoms with E-state index in [0.29, 0.717) is 11.8 Å². The van der Waals surface area contributed by atoms with Crippen molar-refractivity contribution in [3.63, 3.8) is 0 Å². The lowest BCUT2D eigenvalue weighted by atomic mass is 9.61. The molecule has 0 amide bonds. The Morgan fingerprint density at radius 3 is 2.16 bits per heavy atom. The molecule has 1 aliphatic carbocycles. The minimum Gasteiger partial charge on any atom is -0.448 e. The Bertz CT molecular complexity index is 2370. The molecule has 4 aliphatic rings. The summed E-state index contributed by atoms with van der Waals surface area (Å²) in [6, 6.07) is 32.1. The van der Waals surface area contributed by atoms with Crippen molar-refractivity contribution in [1.82, 2.24) is 4.57 Å². The number of benzene rings is 4. The largest absolute Gasteiger partial charge is 0.448 e. The van der Waals surface area contributed by atoms with Crippen molar-refractivity contribution in [3.05, 3.63) is 130 Å². The van der Waals surface area contributed by atoms with Crippen molar-refractivity contribution >= 4 is 11.0 Å². The molecule has 1 spiro atoms. The highest BCUT2D eigenvalue weighted by Gasteiger charge is 2.70. The van der Waals surface area contributed by atoms with Crippen molar-refractivity contribution in [3.8, 4) is 34.1 Å². The Morgan fingerprint density at radius 2 is 1.41 bits per heavy atom. The molecule has 244 valence electrons. The first-order valence-electron chi connectivity index (χ1n) is 18.2. The Morgan fingerprint density at radius 1 is 0.714 bits per heavy atom. The quantitative estimate of drug-likeness (QED) is 0.176. The molecule has 10 rings (SSSR count). The van der Waals surface area contributed by atoms with Crippen LogP contribution in [-0.4, -0.2) is 4.57 Å². The van der Waals surface area contributed by atoms with Gasteiger partial charge in [-0.25, -0.2) is 0 Å². The van der Waals surface area contributed by atoms with Gasteiger partial charge in [0, 0.05) is 28.8 Å². The van der Waals surface area contributed by atoms with Crippen molar-refractivity contribution in [1.29, 1.82) is 0 Å². The first-order chi connectivity index (χ1) is 23.5. The van der Waals surface area contributed by atoms with E-state index in [1.165, 1.54) is 67.4 Å². The van der Waals surface area contributed by atoms with Gasteiger partial charge in [0.25, 0.3) is 0 Å². The number of para-hydroxylation sites is 2. The number of pyridine rings is 1. The molecule has 0 bridgehead atoms. The fourth-order valence-corrected chi connectivity index (χ4v) is 10.0. The van der Waals surface area contributed by atoms with E-state index in [-0.39, 0.29) is 10.8 Å². The van der Waals surface area contributed by atoms with Crippen LogP contribution < -0.4 is 13.9 Å². The topological polar surface area (TPSA) is 21.9 Å². The van der Waals surface area contributed by atoms with E-state index < -0.39 is 5.54 Å². The van der Waals surface area contributed by atoms with Gasteiger partial charge < -0.3 is 4.74 Å². The lowest BCUT2D eigenvalue weighted by molar-refractivity contribution is -0.733. The maximum absolute atomic E-state index is 7.33. The van der Waals surface area contributed by atoms with Crippen LogP contribution in [0.25, 0.3) is 33.7 Å². The van der Waals surface area contributed by atoms with E-state index in [2.05, 4.69) is 160 Å².